The van der Waals surface area contributed by atoms with Crippen LogP contribution in [0.25, 0.3) is 0 Å². The Kier molecular flexibility index (Phi) is 4.31. The van der Waals surface area contributed by atoms with Gasteiger partial charge in [-0.2, -0.15) is 18.2 Å². The van der Waals surface area contributed by atoms with Crippen LogP contribution in [0, 0.1) is 0 Å². The summed E-state index contributed by atoms with van der Waals surface area (Å²) >= 11 is 0. The summed E-state index contributed by atoms with van der Waals surface area (Å²) in [5.41, 5.74) is -0.249. The quantitative estimate of drug-likeness (QED) is 0.932. The highest BCUT2D eigenvalue weighted by Crippen LogP contribution is 2.37. The second kappa shape index (κ2) is 6.27. The first-order chi connectivity index (χ1) is 11.4. The predicted octanol–water partition coefficient (Wildman–Crippen LogP) is 2.82. The fourth-order valence-electron chi connectivity index (χ4n) is 2.86. The highest BCUT2D eigenvalue weighted by molar-refractivity contribution is 5.41. The van der Waals surface area contributed by atoms with Crippen molar-refractivity contribution in [1.82, 2.24) is 9.97 Å². The average molecular weight is 339 g/mol. The van der Waals surface area contributed by atoms with Crippen molar-refractivity contribution in [2.75, 3.05) is 18.6 Å². The first-order valence-corrected chi connectivity index (χ1v) is 7.37. The molecule has 1 aliphatic heterocycles. The Hall–Kier alpha value is -2.35. The van der Waals surface area contributed by atoms with Crippen molar-refractivity contribution in [2.24, 2.45) is 0 Å². The number of aromatic nitrogens is 2. The number of hydrogen-bond acceptors (Lipinski definition) is 5. The molecule has 0 aliphatic carbocycles. The number of rotatable bonds is 3. The van der Waals surface area contributed by atoms with Crippen molar-refractivity contribution in [2.45, 2.75) is 24.7 Å². The number of anilines is 1. The van der Waals surface area contributed by atoms with Crippen LogP contribution >= 0.6 is 0 Å². The molecule has 2 unspecified atom stereocenters. The first-order valence-electron chi connectivity index (χ1n) is 7.37. The Morgan fingerprint density at radius 1 is 1.29 bits per heavy atom. The molecular weight excluding hydrogens is 323 g/mol. The van der Waals surface area contributed by atoms with Crippen molar-refractivity contribution >= 4 is 5.95 Å². The summed E-state index contributed by atoms with van der Waals surface area (Å²) in [7, 11) is 1.47. The van der Waals surface area contributed by atoms with Crippen molar-refractivity contribution in [3.05, 3.63) is 47.7 Å². The van der Waals surface area contributed by atoms with Gasteiger partial charge in [-0.05, 0) is 24.1 Å². The molecule has 8 heteroatoms. The van der Waals surface area contributed by atoms with Crippen LogP contribution in [-0.4, -0.2) is 34.8 Å². The molecule has 0 amide bonds. The van der Waals surface area contributed by atoms with Gasteiger partial charge in [0.25, 0.3) is 0 Å². The van der Waals surface area contributed by atoms with Crippen LogP contribution in [0.5, 0.6) is 5.88 Å². The number of methoxy groups -OCH3 is 1. The number of alkyl halides is 3. The zero-order chi connectivity index (χ0) is 17.3. The highest BCUT2D eigenvalue weighted by Gasteiger charge is 2.36. The molecule has 128 valence electrons. The van der Waals surface area contributed by atoms with E-state index in [-0.39, 0.29) is 6.54 Å². The third-order valence-electron chi connectivity index (χ3n) is 3.96. The zero-order valence-electron chi connectivity index (χ0n) is 12.9. The third-order valence-corrected chi connectivity index (χ3v) is 3.96. The summed E-state index contributed by atoms with van der Waals surface area (Å²) in [4.78, 5) is 10.1. The maximum absolute atomic E-state index is 12.9. The fourth-order valence-corrected chi connectivity index (χ4v) is 2.86. The van der Waals surface area contributed by atoms with Gasteiger partial charge < -0.3 is 14.7 Å². The number of halogens is 3. The van der Waals surface area contributed by atoms with Gasteiger partial charge in [-0.3, -0.25) is 0 Å². The van der Waals surface area contributed by atoms with E-state index in [2.05, 4.69) is 9.97 Å². The summed E-state index contributed by atoms with van der Waals surface area (Å²) in [5, 5.41) is 10.00. The molecule has 2 heterocycles. The van der Waals surface area contributed by atoms with E-state index >= 15 is 0 Å². The van der Waals surface area contributed by atoms with E-state index in [4.69, 9.17) is 4.74 Å². The standard InChI is InChI=1S/C16H16F3N3O2/c1-24-14-5-6-20-15(21-14)22-9-12(23)8-13(22)10-3-2-4-11(7-10)16(17,18)19/h2-7,12-13,23H,8-9H2,1H3. The predicted molar refractivity (Wildman–Crippen MR) is 80.7 cm³/mol. The van der Waals surface area contributed by atoms with Gasteiger partial charge in [-0.15, -0.1) is 0 Å². The van der Waals surface area contributed by atoms with E-state index in [1.807, 2.05) is 0 Å². The van der Waals surface area contributed by atoms with Gasteiger partial charge >= 0.3 is 6.18 Å². The molecule has 1 N–H and O–H groups in total. The lowest BCUT2D eigenvalue weighted by Gasteiger charge is -2.25. The van der Waals surface area contributed by atoms with Crippen LogP contribution in [0.15, 0.2) is 36.5 Å². The van der Waals surface area contributed by atoms with Crippen LogP contribution in [0.1, 0.15) is 23.6 Å². The van der Waals surface area contributed by atoms with Crippen LogP contribution in [-0.2, 0) is 6.18 Å². The van der Waals surface area contributed by atoms with Crippen molar-refractivity contribution < 1.29 is 23.0 Å². The Morgan fingerprint density at radius 3 is 2.79 bits per heavy atom. The molecule has 3 rings (SSSR count). The summed E-state index contributed by atoms with van der Waals surface area (Å²) < 4.78 is 43.9. The number of ether oxygens (including phenoxy) is 1. The number of hydrogen-bond donors (Lipinski definition) is 1. The third kappa shape index (κ3) is 3.28. The lowest BCUT2D eigenvalue weighted by molar-refractivity contribution is -0.137. The van der Waals surface area contributed by atoms with Gasteiger partial charge in [0.2, 0.25) is 11.8 Å². The monoisotopic (exact) mass is 339 g/mol. The molecule has 0 radical (unpaired) electrons. The Balaban J connectivity index is 1.96. The lowest BCUT2D eigenvalue weighted by Crippen LogP contribution is -2.26. The maximum Gasteiger partial charge on any atom is 0.416 e. The minimum absolute atomic E-state index is 0.244. The summed E-state index contributed by atoms with van der Waals surface area (Å²) in [6, 6.07) is 6.26. The molecule has 5 nitrogen and oxygen atoms in total. The number of nitrogens with zero attached hydrogens (tertiary/aromatic N) is 3. The molecule has 1 fully saturated rings. The topological polar surface area (TPSA) is 58.5 Å². The summed E-state index contributed by atoms with van der Waals surface area (Å²) in [6.45, 7) is 0.244. The van der Waals surface area contributed by atoms with E-state index in [0.29, 0.717) is 23.8 Å². The van der Waals surface area contributed by atoms with Crippen molar-refractivity contribution in [3.8, 4) is 5.88 Å². The van der Waals surface area contributed by atoms with Crippen LogP contribution in [0.3, 0.4) is 0 Å². The summed E-state index contributed by atoms with van der Waals surface area (Å²) in [5.74, 6) is 0.664. The SMILES string of the molecule is COc1ccnc(N2CC(O)CC2c2cccc(C(F)(F)F)c2)n1. The Morgan fingerprint density at radius 2 is 2.08 bits per heavy atom. The molecule has 1 aromatic heterocycles. The van der Waals surface area contributed by atoms with E-state index in [0.717, 1.165) is 12.1 Å². The van der Waals surface area contributed by atoms with Crippen LogP contribution < -0.4 is 9.64 Å². The first kappa shape index (κ1) is 16.5. The molecule has 2 atom stereocenters. The molecule has 0 spiro atoms. The molecule has 0 saturated carbocycles. The number of aliphatic hydroxyl groups is 1. The van der Waals surface area contributed by atoms with E-state index < -0.39 is 23.9 Å². The van der Waals surface area contributed by atoms with Crippen molar-refractivity contribution in [1.29, 1.82) is 0 Å². The van der Waals surface area contributed by atoms with Crippen LogP contribution in [0.4, 0.5) is 19.1 Å². The van der Waals surface area contributed by atoms with E-state index in [9.17, 15) is 18.3 Å². The maximum atomic E-state index is 12.9. The molecule has 1 aliphatic rings. The smallest absolute Gasteiger partial charge is 0.416 e. The molecule has 1 saturated heterocycles. The van der Waals surface area contributed by atoms with Gasteiger partial charge in [0, 0.05) is 18.8 Å². The lowest BCUT2D eigenvalue weighted by atomic mass is 10.0. The van der Waals surface area contributed by atoms with Gasteiger partial charge in [0.15, 0.2) is 0 Å². The van der Waals surface area contributed by atoms with Crippen LogP contribution in [0.2, 0.25) is 0 Å². The number of benzene rings is 1. The normalized spacial score (nSPS) is 21.1. The molecule has 1 aromatic carbocycles. The van der Waals surface area contributed by atoms with Gasteiger partial charge in [-0.1, -0.05) is 12.1 Å². The van der Waals surface area contributed by atoms with Gasteiger partial charge in [0.1, 0.15) is 0 Å². The summed E-state index contributed by atoms with van der Waals surface area (Å²) in [6.07, 6.45) is -3.26. The zero-order valence-corrected chi connectivity index (χ0v) is 12.9. The number of aliphatic hydroxyl groups excluding tert-OH is 1. The second-order valence-corrected chi connectivity index (χ2v) is 5.58. The second-order valence-electron chi connectivity index (χ2n) is 5.58. The molecular formula is C16H16F3N3O2. The fraction of sp³-hybridized carbons (Fsp3) is 0.375. The highest BCUT2D eigenvalue weighted by atomic mass is 19.4. The van der Waals surface area contributed by atoms with Gasteiger partial charge in [-0.25, -0.2) is 4.98 Å². The molecule has 0 bridgehead atoms. The van der Waals surface area contributed by atoms with E-state index in [1.165, 1.54) is 19.4 Å². The average Bonchev–Trinajstić information content (AvgIpc) is 2.96. The Bertz CT molecular complexity index is 724. The van der Waals surface area contributed by atoms with Gasteiger partial charge in [0.05, 0.1) is 24.8 Å². The largest absolute Gasteiger partial charge is 0.481 e. The minimum atomic E-state index is -4.41. The van der Waals surface area contributed by atoms with E-state index in [1.54, 1.807) is 17.0 Å². The van der Waals surface area contributed by atoms with Crippen molar-refractivity contribution in [3.63, 3.8) is 0 Å². The number of β-amino-alcohol motifs (C(OH)–C–C–N with tert-alkyl or cyclic N) is 1. The minimum Gasteiger partial charge on any atom is -0.481 e. The molecule has 2 aromatic rings. The Labute approximate surface area is 136 Å². The molecule has 24 heavy (non-hydrogen) atoms.